The molecule has 4 rings (SSSR count). The lowest BCUT2D eigenvalue weighted by molar-refractivity contribution is -0.137. The molecule has 1 atom stereocenters. The number of hydrogen-bond donors (Lipinski definition) is 2. The van der Waals surface area contributed by atoms with E-state index >= 15 is 0 Å². The summed E-state index contributed by atoms with van der Waals surface area (Å²) >= 11 is 0. The first kappa shape index (κ1) is 23.0. The van der Waals surface area contributed by atoms with Crippen molar-refractivity contribution in [2.45, 2.75) is 25.4 Å². The molecule has 9 nitrogen and oxygen atoms in total. The summed E-state index contributed by atoms with van der Waals surface area (Å²) in [6.45, 7) is 4.78. The van der Waals surface area contributed by atoms with Crippen LogP contribution in [-0.2, 0) is 14.9 Å². The van der Waals surface area contributed by atoms with E-state index in [1.807, 2.05) is 30.3 Å². The maximum absolute atomic E-state index is 11.7. The highest BCUT2D eigenvalue weighted by atomic mass is 16.5. The first-order valence-electron chi connectivity index (χ1n) is 10.9. The standard InChI is InChI=1S/C24H28N4O5/c1-16(31)28-9-10-32-19(12-28)13-33-23-22-21(25-7-8-26-22)11-20(27-23)17-3-5-18(6-4-17)24(2,14-29)15-30/h3-8,11,19,29-30H,9-10,12-15H2,1-2H3/t19-/m0/s1. The molecule has 2 aromatic heterocycles. The van der Waals surface area contributed by atoms with E-state index in [9.17, 15) is 15.0 Å². The van der Waals surface area contributed by atoms with Gasteiger partial charge in [0.15, 0.2) is 5.52 Å². The number of rotatable bonds is 7. The van der Waals surface area contributed by atoms with E-state index in [-0.39, 0.29) is 31.8 Å². The highest BCUT2D eigenvalue weighted by Crippen LogP contribution is 2.29. The number of nitrogens with zero attached hydrogens (tertiary/aromatic N) is 4. The minimum absolute atomic E-state index is 0.0154. The fourth-order valence-electron chi connectivity index (χ4n) is 3.75. The summed E-state index contributed by atoms with van der Waals surface area (Å²) in [5.41, 5.74) is 2.80. The van der Waals surface area contributed by atoms with Gasteiger partial charge in [-0.3, -0.25) is 9.78 Å². The molecule has 1 aromatic carbocycles. The molecular weight excluding hydrogens is 424 g/mol. The minimum Gasteiger partial charge on any atom is -0.473 e. The van der Waals surface area contributed by atoms with Gasteiger partial charge in [0.2, 0.25) is 11.8 Å². The fourth-order valence-corrected chi connectivity index (χ4v) is 3.75. The number of amides is 1. The topological polar surface area (TPSA) is 118 Å². The van der Waals surface area contributed by atoms with Crippen molar-refractivity contribution in [3.63, 3.8) is 0 Å². The Morgan fingerprint density at radius 2 is 1.94 bits per heavy atom. The van der Waals surface area contributed by atoms with Gasteiger partial charge in [-0.15, -0.1) is 0 Å². The van der Waals surface area contributed by atoms with Crippen LogP contribution in [0.1, 0.15) is 19.4 Å². The lowest BCUT2D eigenvalue weighted by Gasteiger charge is -2.32. The number of pyridine rings is 1. The Labute approximate surface area is 192 Å². The third-order valence-electron chi connectivity index (χ3n) is 5.99. The third-order valence-corrected chi connectivity index (χ3v) is 5.99. The number of aliphatic hydroxyl groups is 2. The van der Waals surface area contributed by atoms with Gasteiger partial charge in [-0.2, -0.15) is 0 Å². The second kappa shape index (κ2) is 9.78. The number of morpholine rings is 1. The SMILES string of the molecule is CC(=O)N1CCO[C@H](COc2nc(-c3ccc(C(C)(CO)CO)cc3)cc3nccnc23)C1. The number of fused-ring (bicyclic) bond motifs is 1. The van der Waals surface area contributed by atoms with Crippen LogP contribution in [0.15, 0.2) is 42.7 Å². The molecule has 9 heteroatoms. The predicted molar refractivity (Wildman–Crippen MR) is 122 cm³/mol. The fraction of sp³-hybridized carbons (Fsp3) is 0.417. The van der Waals surface area contributed by atoms with Gasteiger partial charge in [0.25, 0.3) is 0 Å². The average molecular weight is 453 g/mol. The summed E-state index contributed by atoms with van der Waals surface area (Å²) in [4.78, 5) is 26.9. The monoisotopic (exact) mass is 452 g/mol. The Kier molecular flexibility index (Phi) is 6.83. The normalized spacial score (nSPS) is 16.7. The molecule has 1 fully saturated rings. The molecule has 174 valence electrons. The van der Waals surface area contributed by atoms with Gasteiger partial charge in [0.1, 0.15) is 12.7 Å². The van der Waals surface area contributed by atoms with Gasteiger partial charge in [0.05, 0.1) is 37.6 Å². The summed E-state index contributed by atoms with van der Waals surface area (Å²) in [6, 6.07) is 9.37. The Bertz CT molecular complexity index is 1120. The van der Waals surface area contributed by atoms with Crippen LogP contribution in [-0.4, -0.2) is 81.6 Å². The van der Waals surface area contributed by atoms with Crippen molar-refractivity contribution >= 4 is 16.9 Å². The molecule has 0 saturated carbocycles. The number of benzene rings is 1. The largest absolute Gasteiger partial charge is 0.473 e. The molecule has 3 heterocycles. The molecule has 1 aliphatic heterocycles. The highest BCUT2D eigenvalue weighted by Gasteiger charge is 2.25. The maximum Gasteiger partial charge on any atom is 0.242 e. The second-order valence-corrected chi connectivity index (χ2v) is 8.46. The molecule has 3 aromatic rings. The quantitative estimate of drug-likeness (QED) is 0.555. The van der Waals surface area contributed by atoms with Crippen molar-refractivity contribution in [3.05, 3.63) is 48.3 Å². The lowest BCUT2D eigenvalue weighted by atomic mass is 9.84. The molecule has 2 N–H and O–H groups in total. The van der Waals surface area contributed by atoms with Gasteiger partial charge in [-0.05, 0) is 11.6 Å². The highest BCUT2D eigenvalue weighted by molar-refractivity contribution is 5.83. The number of hydrogen-bond acceptors (Lipinski definition) is 8. The summed E-state index contributed by atoms with van der Waals surface area (Å²) in [7, 11) is 0. The van der Waals surface area contributed by atoms with E-state index in [0.717, 1.165) is 11.1 Å². The first-order chi connectivity index (χ1) is 15.9. The van der Waals surface area contributed by atoms with Crippen LogP contribution in [0.3, 0.4) is 0 Å². The van der Waals surface area contributed by atoms with Crippen molar-refractivity contribution in [1.82, 2.24) is 19.9 Å². The smallest absolute Gasteiger partial charge is 0.242 e. The molecule has 1 aliphatic rings. The van der Waals surface area contributed by atoms with Crippen molar-refractivity contribution in [2.75, 3.05) is 39.5 Å². The molecule has 0 radical (unpaired) electrons. The first-order valence-corrected chi connectivity index (χ1v) is 10.9. The zero-order chi connectivity index (χ0) is 23.4. The lowest BCUT2D eigenvalue weighted by Crippen LogP contribution is -2.46. The zero-order valence-corrected chi connectivity index (χ0v) is 18.8. The molecule has 1 amide bonds. The number of carbonyl (C=O) groups excluding carboxylic acids is 1. The van der Waals surface area contributed by atoms with Crippen molar-refractivity contribution in [2.24, 2.45) is 0 Å². The van der Waals surface area contributed by atoms with Gasteiger partial charge in [-0.25, -0.2) is 9.97 Å². The Hall–Kier alpha value is -3.14. The minimum atomic E-state index is -0.719. The van der Waals surface area contributed by atoms with E-state index in [1.165, 1.54) is 0 Å². The molecule has 0 aliphatic carbocycles. The summed E-state index contributed by atoms with van der Waals surface area (Å²) in [6.07, 6.45) is 2.95. The van der Waals surface area contributed by atoms with Gasteiger partial charge in [-0.1, -0.05) is 31.2 Å². The molecule has 1 saturated heterocycles. The molecular formula is C24H28N4O5. The molecule has 0 unspecified atom stereocenters. The summed E-state index contributed by atoms with van der Waals surface area (Å²) in [5.74, 6) is 0.362. The third kappa shape index (κ3) is 4.95. The Morgan fingerprint density at radius 1 is 1.21 bits per heavy atom. The van der Waals surface area contributed by atoms with E-state index in [0.29, 0.717) is 42.3 Å². The van der Waals surface area contributed by atoms with E-state index in [2.05, 4.69) is 15.0 Å². The number of ether oxygens (including phenoxy) is 2. The van der Waals surface area contributed by atoms with Crippen molar-refractivity contribution < 1.29 is 24.5 Å². The summed E-state index contributed by atoms with van der Waals surface area (Å²) in [5, 5.41) is 19.3. The zero-order valence-electron chi connectivity index (χ0n) is 18.8. The van der Waals surface area contributed by atoms with Crippen LogP contribution in [0.5, 0.6) is 5.88 Å². The Morgan fingerprint density at radius 3 is 2.64 bits per heavy atom. The number of carbonyl (C=O) groups is 1. The van der Waals surface area contributed by atoms with Gasteiger partial charge in [0, 0.05) is 36.8 Å². The van der Waals surface area contributed by atoms with E-state index < -0.39 is 5.41 Å². The van der Waals surface area contributed by atoms with Crippen molar-refractivity contribution in [1.29, 1.82) is 0 Å². The molecule has 33 heavy (non-hydrogen) atoms. The predicted octanol–water partition coefficient (Wildman–Crippen LogP) is 1.56. The van der Waals surface area contributed by atoms with Crippen molar-refractivity contribution in [3.8, 4) is 17.1 Å². The van der Waals surface area contributed by atoms with Crippen LogP contribution >= 0.6 is 0 Å². The molecule has 0 spiro atoms. The van der Waals surface area contributed by atoms with E-state index in [4.69, 9.17) is 9.47 Å². The number of aromatic nitrogens is 3. The maximum atomic E-state index is 11.7. The van der Waals surface area contributed by atoms with Crippen LogP contribution < -0.4 is 4.74 Å². The second-order valence-electron chi connectivity index (χ2n) is 8.46. The van der Waals surface area contributed by atoms with Crippen LogP contribution in [0.2, 0.25) is 0 Å². The van der Waals surface area contributed by atoms with Gasteiger partial charge < -0.3 is 24.6 Å². The van der Waals surface area contributed by atoms with Crippen LogP contribution in [0.4, 0.5) is 0 Å². The van der Waals surface area contributed by atoms with Crippen LogP contribution in [0.25, 0.3) is 22.3 Å². The molecule has 0 bridgehead atoms. The Balaban J connectivity index is 1.60. The van der Waals surface area contributed by atoms with Gasteiger partial charge >= 0.3 is 0 Å². The average Bonchev–Trinajstić information content (AvgIpc) is 2.87. The van der Waals surface area contributed by atoms with E-state index in [1.54, 1.807) is 31.1 Å². The summed E-state index contributed by atoms with van der Waals surface area (Å²) < 4.78 is 11.8. The van der Waals surface area contributed by atoms with Crippen LogP contribution in [0, 0.1) is 0 Å². The number of aliphatic hydroxyl groups excluding tert-OH is 2.